The molecule has 0 aliphatic rings. The fourth-order valence-corrected chi connectivity index (χ4v) is 6.00. The zero-order chi connectivity index (χ0) is 34.1. The Kier molecular flexibility index (Phi) is 16.7. The number of ether oxygens (including phenoxy) is 1. The number of hydrogen-bond donors (Lipinski definition) is 6. The fourth-order valence-electron chi connectivity index (χ4n) is 4.66. The molecule has 46 heavy (non-hydrogen) atoms. The third-order valence-corrected chi connectivity index (χ3v) is 8.69. The van der Waals surface area contributed by atoms with E-state index in [-0.39, 0.29) is 41.8 Å². The van der Waals surface area contributed by atoms with Gasteiger partial charge in [-0.3, -0.25) is 19.2 Å². The van der Waals surface area contributed by atoms with E-state index in [1.807, 2.05) is 0 Å². The number of thioether (sulfide) groups is 1. The van der Waals surface area contributed by atoms with Crippen LogP contribution in [0.1, 0.15) is 63.0 Å². The van der Waals surface area contributed by atoms with Crippen molar-refractivity contribution in [2.75, 3.05) is 12.9 Å². The van der Waals surface area contributed by atoms with Crippen molar-refractivity contribution in [3.63, 3.8) is 0 Å². The average Bonchev–Trinajstić information content (AvgIpc) is 3.02. The highest BCUT2D eigenvalue weighted by atomic mass is 32.2. The van der Waals surface area contributed by atoms with E-state index in [0.29, 0.717) is 24.2 Å². The van der Waals surface area contributed by atoms with Crippen LogP contribution in [0.3, 0.4) is 0 Å². The minimum atomic E-state index is -1.48. The van der Waals surface area contributed by atoms with Gasteiger partial charge in [-0.05, 0) is 36.1 Å². The average molecular weight is 660 g/mol. The Bertz CT molecular complexity index is 1310. The molecular formula is C33H45N3O9S. The summed E-state index contributed by atoms with van der Waals surface area (Å²) >= 11 is 1.33. The molecule has 0 saturated carbocycles. The van der Waals surface area contributed by atoms with Crippen LogP contribution in [0, 0.1) is 0 Å². The summed E-state index contributed by atoms with van der Waals surface area (Å²) in [6, 6.07) is 9.73. The summed E-state index contributed by atoms with van der Waals surface area (Å²) in [4.78, 5) is 62.3. The molecule has 2 amide bonds. The van der Waals surface area contributed by atoms with Gasteiger partial charge in [0, 0.05) is 30.3 Å². The lowest BCUT2D eigenvalue weighted by molar-refractivity contribution is -0.142. The lowest BCUT2D eigenvalue weighted by Gasteiger charge is -2.24. The molecule has 0 aliphatic carbocycles. The van der Waals surface area contributed by atoms with E-state index in [2.05, 4.69) is 17.6 Å². The maximum Gasteiger partial charge on any atom is 0.326 e. The van der Waals surface area contributed by atoms with Gasteiger partial charge < -0.3 is 36.4 Å². The van der Waals surface area contributed by atoms with Crippen LogP contribution >= 0.6 is 11.8 Å². The number of methoxy groups -OCH3 is 1. The Morgan fingerprint density at radius 2 is 1.63 bits per heavy atom. The van der Waals surface area contributed by atoms with Crippen LogP contribution in [0.5, 0.6) is 11.5 Å². The summed E-state index contributed by atoms with van der Waals surface area (Å²) < 4.78 is 5.14. The zero-order valence-corrected chi connectivity index (χ0v) is 27.1. The summed E-state index contributed by atoms with van der Waals surface area (Å²) in [6.07, 6.45) is 3.83. The Labute approximate surface area is 273 Å². The van der Waals surface area contributed by atoms with Crippen molar-refractivity contribution in [3.05, 3.63) is 59.7 Å². The van der Waals surface area contributed by atoms with Crippen molar-refractivity contribution >= 4 is 41.3 Å². The normalized spacial score (nSPS) is 13.5. The molecule has 0 aliphatic heterocycles. The fraction of sp³-hybridized carbons (Fsp3) is 0.485. The van der Waals surface area contributed by atoms with Gasteiger partial charge in [-0.1, -0.05) is 62.6 Å². The van der Waals surface area contributed by atoms with Gasteiger partial charge in [-0.25, -0.2) is 4.79 Å². The first-order valence-electron chi connectivity index (χ1n) is 15.3. The number of rotatable bonds is 22. The SMILES string of the molecule is CCCCCC(CC(=O)CCc1ccc(O)c(OC)c1)SC[C@H](NC(=O)C[C@H](N)C(=O)O)C(=O)N[C@@H](Cc1ccccc1)C(=O)O. The standard InChI is InChI=1S/C33H45N3O9S/c1-3-4-6-11-24(18-23(37)14-12-22-13-15-28(38)29(17-22)45-2)46-20-27(35-30(39)19-25(34)32(41)42)31(40)36-26(33(43)44)16-21-9-7-5-8-10-21/h5,7-10,13,15,17,24-27,38H,3-4,6,11-12,14,16,18-20,34H2,1-2H3,(H,35,39)(H,36,40)(H,41,42)(H,43,44)/t24?,25-,26-,27-/m0/s1. The van der Waals surface area contributed by atoms with Crippen molar-refractivity contribution in [2.45, 2.75) is 88.1 Å². The summed E-state index contributed by atoms with van der Waals surface area (Å²) in [6.45, 7) is 2.06. The molecular weight excluding hydrogens is 614 g/mol. The number of phenols is 1. The highest BCUT2D eigenvalue weighted by molar-refractivity contribution is 8.00. The monoisotopic (exact) mass is 659 g/mol. The first kappa shape index (κ1) is 38.1. The maximum absolute atomic E-state index is 13.4. The van der Waals surface area contributed by atoms with Gasteiger partial charge in [-0.2, -0.15) is 11.8 Å². The first-order chi connectivity index (χ1) is 21.9. The molecule has 0 aromatic heterocycles. The number of unbranched alkanes of at least 4 members (excludes halogenated alkanes) is 2. The minimum Gasteiger partial charge on any atom is -0.504 e. The van der Waals surface area contributed by atoms with Gasteiger partial charge in [0.1, 0.15) is 23.9 Å². The van der Waals surface area contributed by atoms with Crippen LogP contribution in [0.2, 0.25) is 0 Å². The van der Waals surface area contributed by atoms with E-state index in [1.165, 1.54) is 24.9 Å². The molecule has 4 atom stereocenters. The van der Waals surface area contributed by atoms with Gasteiger partial charge in [0.25, 0.3) is 0 Å². The third-order valence-electron chi connectivity index (χ3n) is 7.29. The van der Waals surface area contributed by atoms with Crippen LogP contribution in [-0.2, 0) is 36.8 Å². The van der Waals surface area contributed by atoms with E-state index in [0.717, 1.165) is 24.8 Å². The lowest BCUT2D eigenvalue weighted by atomic mass is 10.0. The molecule has 2 rings (SSSR count). The number of aromatic hydroxyl groups is 1. The number of carbonyl (C=O) groups excluding carboxylic acids is 3. The Balaban J connectivity index is 2.15. The molecule has 1 unspecified atom stereocenters. The lowest BCUT2D eigenvalue weighted by Crippen LogP contribution is -2.54. The third kappa shape index (κ3) is 13.9. The van der Waals surface area contributed by atoms with Gasteiger partial charge in [0.2, 0.25) is 11.8 Å². The van der Waals surface area contributed by atoms with E-state index in [9.17, 15) is 34.2 Å². The quantitative estimate of drug-likeness (QED) is 0.101. The zero-order valence-electron chi connectivity index (χ0n) is 26.3. The molecule has 2 aromatic carbocycles. The molecule has 0 bridgehead atoms. The number of phenolic OH excluding ortho intramolecular Hbond substituents is 1. The summed E-state index contributed by atoms with van der Waals surface area (Å²) in [5.74, 6) is -3.78. The highest BCUT2D eigenvalue weighted by Gasteiger charge is 2.29. The van der Waals surface area contributed by atoms with Crippen LogP contribution in [0.15, 0.2) is 48.5 Å². The number of aliphatic carboxylic acids is 2. The van der Waals surface area contributed by atoms with Crippen LogP contribution in [0.4, 0.5) is 0 Å². The van der Waals surface area contributed by atoms with Crippen molar-refractivity contribution < 1.29 is 44.0 Å². The smallest absolute Gasteiger partial charge is 0.326 e. The van der Waals surface area contributed by atoms with Gasteiger partial charge in [0.15, 0.2) is 11.5 Å². The van der Waals surface area contributed by atoms with E-state index >= 15 is 0 Å². The molecule has 0 heterocycles. The van der Waals surface area contributed by atoms with Crippen LogP contribution in [-0.4, -0.2) is 81.1 Å². The predicted octanol–water partition coefficient (Wildman–Crippen LogP) is 3.07. The number of amides is 2. The summed E-state index contributed by atoms with van der Waals surface area (Å²) in [5, 5.41) is 33.6. The van der Waals surface area contributed by atoms with E-state index < -0.39 is 48.3 Å². The van der Waals surface area contributed by atoms with Gasteiger partial charge >= 0.3 is 11.9 Å². The van der Waals surface area contributed by atoms with Gasteiger partial charge in [0.05, 0.1) is 13.5 Å². The number of carboxylic acid groups (broad SMARTS) is 2. The maximum atomic E-state index is 13.4. The molecule has 7 N–H and O–H groups in total. The molecule has 0 saturated heterocycles. The van der Waals surface area contributed by atoms with Crippen molar-refractivity contribution in [1.29, 1.82) is 0 Å². The molecule has 0 spiro atoms. The molecule has 252 valence electrons. The number of carboxylic acids is 2. The second-order valence-electron chi connectivity index (χ2n) is 11.1. The number of Topliss-reactive ketones (excluding diaryl/α,β-unsaturated/α-hetero) is 1. The van der Waals surface area contributed by atoms with E-state index in [1.54, 1.807) is 42.5 Å². The van der Waals surface area contributed by atoms with Crippen molar-refractivity contribution in [2.24, 2.45) is 5.73 Å². The van der Waals surface area contributed by atoms with Crippen LogP contribution < -0.4 is 21.1 Å². The number of benzene rings is 2. The molecule has 13 heteroatoms. The molecule has 2 aromatic rings. The number of nitrogens with one attached hydrogen (secondary N) is 2. The second-order valence-corrected chi connectivity index (χ2v) is 12.4. The Hall–Kier alpha value is -4.10. The van der Waals surface area contributed by atoms with Gasteiger partial charge in [-0.15, -0.1) is 0 Å². The molecule has 0 radical (unpaired) electrons. The predicted molar refractivity (Wildman–Crippen MR) is 175 cm³/mol. The second kappa shape index (κ2) is 20.1. The number of carbonyl (C=O) groups is 5. The molecule has 0 fully saturated rings. The summed E-state index contributed by atoms with van der Waals surface area (Å²) in [5.41, 5.74) is 7.04. The number of aryl methyl sites for hydroxylation is 1. The van der Waals surface area contributed by atoms with E-state index in [4.69, 9.17) is 15.6 Å². The largest absolute Gasteiger partial charge is 0.504 e. The van der Waals surface area contributed by atoms with Crippen molar-refractivity contribution in [3.8, 4) is 11.5 Å². The van der Waals surface area contributed by atoms with Crippen LogP contribution in [0.25, 0.3) is 0 Å². The van der Waals surface area contributed by atoms with Crippen molar-refractivity contribution in [1.82, 2.24) is 10.6 Å². The first-order valence-corrected chi connectivity index (χ1v) is 16.3. The Morgan fingerprint density at radius 1 is 0.913 bits per heavy atom. The Morgan fingerprint density at radius 3 is 2.26 bits per heavy atom. The molecule has 12 nitrogen and oxygen atoms in total. The topological polar surface area (TPSA) is 205 Å². The highest BCUT2D eigenvalue weighted by Crippen LogP contribution is 2.28. The number of nitrogens with two attached hydrogens (primary N) is 1. The number of hydrogen-bond acceptors (Lipinski definition) is 9. The number of ketones is 1. The summed E-state index contributed by atoms with van der Waals surface area (Å²) in [7, 11) is 1.45. The minimum absolute atomic E-state index is 0.00677.